The lowest BCUT2D eigenvalue weighted by Crippen LogP contribution is -2.29. The second-order valence-electron chi connectivity index (χ2n) is 8.16. The molecule has 0 aliphatic heterocycles. The van der Waals surface area contributed by atoms with Crippen LogP contribution in [0.15, 0.2) is 48.5 Å². The van der Waals surface area contributed by atoms with Crippen LogP contribution >= 0.6 is 11.3 Å². The number of carbonyl (C=O) groups excluding carboxylic acids is 1. The fourth-order valence-corrected chi connectivity index (χ4v) is 4.51. The minimum atomic E-state index is -0.994. The van der Waals surface area contributed by atoms with Crippen molar-refractivity contribution in [3.63, 3.8) is 0 Å². The van der Waals surface area contributed by atoms with E-state index in [0.717, 1.165) is 26.6 Å². The molecule has 3 rings (SSSR count). The van der Waals surface area contributed by atoms with E-state index < -0.39 is 12.1 Å². The third-order valence-electron chi connectivity index (χ3n) is 5.19. The van der Waals surface area contributed by atoms with E-state index in [1.165, 1.54) is 11.3 Å². The summed E-state index contributed by atoms with van der Waals surface area (Å²) in [6, 6.07) is 15.3. The van der Waals surface area contributed by atoms with Crippen molar-refractivity contribution in [3.8, 4) is 16.3 Å². The van der Waals surface area contributed by atoms with Crippen LogP contribution in [0.5, 0.6) is 5.75 Å². The predicted molar refractivity (Wildman–Crippen MR) is 133 cm³/mol. The van der Waals surface area contributed by atoms with Crippen LogP contribution in [0.4, 0.5) is 0 Å². The van der Waals surface area contributed by atoms with E-state index in [2.05, 4.69) is 10.3 Å². The maximum absolute atomic E-state index is 12.8. The van der Waals surface area contributed by atoms with Crippen LogP contribution in [0.1, 0.15) is 40.3 Å². The predicted octanol–water partition coefficient (Wildman–Crippen LogP) is 4.52. The molecule has 1 heterocycles. The van der Waals surface area contributed by atoms with Crippen LogP contribution in [0.3, 0.4) is 0 Å². The van der Waals surface area contributed by atoms with Gasteiger partial charge in [-0.05, 0) is 44.4 Å². The van der Waals surface area contributed by atoms with E-state index in [9.17, 15) is 14.7 Å². The molecule has 34 heavy (non-hydrogen) atoms. The number of rotatable bonds is 11. The number of amides is 1. The summed E-state index contributed by atoms with van der Waals surface area (Å²) in [6.07, 6.45) is -0.338. The molecular weight excluding hydrogens is 452 g/mol. The second kappa shape index (κ2) is 11.8. The Kier molecular flexibility index (Phi) is 8.79. The molecule has 0 aliphatic rings. The summed E-state index contributed by atoms with van der Waals surface area (Å²) >= 11 is 1.49. The van der Waals surface area contributed by atoms with Crippen molar-refractivity contribution in [2.45, 2.75) is 45.8 Å². The highest BCUT2D eigenvalue weighted by Crippen LogP contribution is 2.27. The Morgan fingerprint density at radius 3 is 2.53 bits per heavy atom. The molecule has 0 saturated carbocycles. The van der Waals surface area contributed by atoms with Gasteiger partial charge < -0.3 is 19.9 Å². The van der Waals surface area contributed by atoms with Crippen molar-refractivity contribution in [1.29, 1.82) is 0 Å². The lowest BCUT2D eigenvalue weighted by molar-refractivity contribution is -0.153. The molecule has 180 valence electrons. The van der Waals surface area contributed by atoms with Gasteiger partial charge in [0.1, 0.15) is 16.5 Å². The van der Waals surface area contributed by atoms with Gasteiger partial charge in [-0.15, -0.1) is 11.3 Å². The summed E-state index contributed by atoms with van der Waals surface area (Å²) in [5, 5.41) is 13.2. The molecule has 7 nitrogen and oxygen atoms in total. The van der Waals surface area contributed by atoms with Gasteiger partial charge in [0.15, 0.2) is 6.10 Å². The van der Waals surface area contributed by atoms with Crippen LogP contribution in [0, 0.1) is 6.92 Å². The Bertz CT molecular complexity index is 1130. The molecule has 1 amide bonds. The van der Waals surface area contributed by atoms with Gasteiger partial charge >= 0.3 is 5.97 Å². The van der Waals surface area contributed by atoms with Crippen LogP contribution in [0.2, 0.25) is 0 Å². The number of carbonyl (C=O) groups is 2. The molecule has 1 unspecified atom stereocenters. The number of aromatic nitrogens is 1. The molecule has 8 heteroatoms. The van der Waals surface area contributed by atoms with E-state index in [-0.39, 0.29) is 18.4 Å². The summed E-state index contributed by atoms with van der Waals surface area (Å²) in [4.78, 5) is 29.7. The van der Waals surface area contributed by atoms with E-state index in [4.69, 9.17) is 9.47 Å². The van der Waals surface area contributed by atoms with Crippen molar-refractivity contribution in [1.82, 2.24) is 10.3 Å². The van der Waals surface area contributed by atoms with E-state index >= 15 is 0 Å². The third-order valence-corrected chi connectivity index (χ3v) is 6.21. The number of aliphatic carboxylic acids is 1. The molecule has 1 atom stereocenters. The van der Waals surface area contributed by atoms with Crippen LogP contribution < -0.4 is 10.1 Å². The zero-order chi connectivity index (χ0) is 24.7. The Morgan fingerprint density at radius 2 is 1.88 bits per heavy atom. The Morgan fingerprint density at radius 1 is 1.15 bits per heavy atom. The fraction of sp³-hybridized carbons (Fsp3) is 0.346. The number of hydrogen-bond acceptors (Lipinski definition) is 6. The number of carboxylic acids is 1. The van der Waals surface area contributed by atoms with Gasteiger partial charge in [-0.3, -0.25) is 4.79 Å². The number of benzene rings is 2. The van der Waals surface area contributed by atoms with Gasteiger partial charge in [0.05, 0.1) is 13.2 Å². The van der Waals surface area contributed by atoms with Gasteiger partial charge in [-0.1, -0.05) is 42.5 Å². The average Bonchev–Trinajstić information content (AvgIpc) is 3.20. The summed E-state index contributed by atoms with van der Waals surface area (Å²) in [5.74, 6) is -0.528. The maximum Gasteiger partial charge on any atom is 0.333 e. The molecule has 0 aliphatic carbocycles. The normalized spacial score (nSPS) is 11.9. The lowest BCUT2D eigenvalue weighted by atomic mass is 10.0. The molecule has 0 saturated heterocycles. The Labute approximate surface area is 203 Å². The summed E-state index contributed by atoms with van der Waals surface area (Å²) < 4.78 is 11.0. The third kappa shape index (κ3) is 6.65. The number of aryl methyl sites for hydroxylation is 1. The smallest absolute Gasteiger partial charge is 0.333 e. The zero-order valence-corrected chi connectivity index (χ0v) is 20.6. The lowest BCUT2D eigenvalue weighted by Gasteiger charge is -2.17. The first-order chi connectivity index (χ1) is 16.3. The highest BCUT2D eigenvalue weighted by Gasteiger charge is 2.21. The molecule has 2 N–H and O–H groups in total. The first-order valence-corrected chi connectivity index (χ1v) is 11.9. The quantitative estimate of drug-likeness (QED) is 0.417. The summed E-state index contributed by atoms with van der Waals surface area (Å²) in [6.45, 7) is 5.90. The van der Waals surface area contributed by atoms with Crippen LogP contribution in [0.25, 0.3) is 10.6 Å². The number of hydrogen-bond donors (Lipinski definition) is 2. The van der Waals surface area contributed by atoms with Gasteiger partial charge in [0.25, 0.3) is 5.91 Å². The number of nitrogens with one attached hydrogen (secondary N) is 1. The van der Waals surface area contributed by atoms with Gasteiger partial charge in [0.2, 0.25) is 0 Å². The van der Waals surface area contributed by atoms with Crippen molar-refractivity contribution in [2.24, 2.45) is 0 Å². The van der Waals surface area contributed by atoms with E-state index in [0.29, 0.717) is 24.4 Å². The number of carboxylic acid groups (broad SMARTS) is 1. The first-order valence-electron chi connectivity index (χ1n) is 11.1. The minimum Gasteiger partial charge on any atom is -0.496 e. The topological polar surface area (TPSA) is 97.8 Å². The van der Waals surface area contributed by atoms with E-state index in [1.54, 1.807) is 7.11 Å². The average molecular weight is 483 g/mol. The van der Waals surface area contributed by atoms with Crippen molar-refractivity contribution >= 4 is 23.2 Å². The Balaban J connectivity index is 1.66. The largest absolute Gasteiger partial charge is 0.496 e. The highest BCUT2D eigenvalue weighted by molar-refractivity contribution is 7.15. The molecule has 3 aromatic rings. The second-order valence-corrected chi connectivity index (χ2v) is 9.36. The monoisotopic (exact) mass is 482 g/mol. The fourth-order valence-electron chi connectivity index (χ4n) is 3.60. The van der Waals surface area contributed by atoms with Crippen LogP contribution in [-0.2, 0) is 22.4 Å². The van der Waals surface area contributed by atoms with Gasteiger partial charge in [-0.2, -0.15) is 0 Å². The van der Waals surface area contributed by atoms with Crippen molar-refractivity contribution in [2.75, 3.05) is 13.7 Å². The molecule has 0 radical (unpaired) electrons. The molecule has 0 bridgehead atoms. The zero-order valence-electron chi connectivity index (χ0n) is 19.8. The molecule has 1 aromatic heterocycles. The highest BCUT2D eigenvalue weighted by atomic mass is 32.1. The maximum atomic E-state index is 12.8. The Hall–Kier alpha value is -3.23. The summed E-state index contributed by atoms with van der Waals surface area (Å²) in [5.41, 5.74) is 3.13. The van der Waals surface area contributed by atoms with Crippen molar-refractivity contribution in [3.05, 3.63) is 70.2 Å². The summed E-state index contributed by atoms with van der Waals surface area (Å²) in [7, 11) is 1.59. The number of ether oxygens (including phenoxy) is 2. The number of methoxy groups -OCH3 is 1. The number of thiazole rings is 1. The van der Waals surface area contributed by atoms with Crippen molar-refractivity contribution < 1.29 is 24.2 Å². The minimum absolute atomic E-state index is 0.189. The van der Waals surface area contributed by atoms with E-state index in [1.807, 2.05) is 69.3 Å². The SMILES string of the molecule is COc1ccc(CC(OC(C)C)C(=O)O)cc1CCNC(=O)c1nc(-c2ccccc2)sc1C. The van der Waals surface area contributed by atoms with Gasteiger partial charge in [-0.25, -0.2) is 9.78 Å². The van der Waals surface area contributed by atoms with Gasteiger partial charge in [0, 0.05) is 23.4 Å². The number of nitrogens with zero attached hydrogens (tertiary/aromatic N) is 1. The molecule has 0 fully saturated rings. The van der Waals surface area contributed by atoms with Crippen LogP contribution in [-0.4, -0.2) is 47.8 Å². The molecule has 0 spiro atoms. The standard InChI is InChI=1S/C26H30N2O5S/c1-16(2)33-22(26(30)31)15-18-10-11-21(32-4)20(14-18)12-13-27-24(29)23-17(3)34-25(28-23)19-8-6-5-7-9-19/h5-11,14,16,22H,12-13,15H2,1-4H3,(H,27,29)(H,30,31). The molecule has 2 aromatic carbocycles. The molecular formula is C26H30N2O5S. The first kappa shape index (κ1) is 25.4.